The van der Waals surface area contributed by atoms with Crippen LogP contribution in [0.3, 0.4) is 0 Å². The highest BCUT2D eigenvalue weighted by Gasteiger charge is 2.20. The summed E-state index contributed by atoms with van der Waals surface area (Å²) >= 11 is 0. The predicted octanol–water partition coefficient (Wildman–Crippen LogP) is 5.43. The summed E-state index contributed by atoms with van der Waals surface area (Å²) < 4.78 is 0. The first kappa shape index (κ1) is 16.7. The number of benzene rings is 1. The average molecular weight is 272 g/mol. The summed E-state index contributed by atoms with van der Waals surface area (Å²) in [6.07, 6.45) is 1.88. The lowest BCUT2D eigenvalue weighted by Gasteiger charge is -2.19. The first-order valence-electron chi connectivity index (χ1n) is 7.66. The van der Waals surface area contributed by atoms with Crippen LogP contribution in [0.15, 0.2) is 29.8 Å². The molecule has 0 radical (unpaired) electrons. The summed E-state index contributed by atoms with van der Waals surface area (Å²) in [4.78, 5) is 12.2. The monoisotopic (exact) mass is 272 g/mol. The highest BCUT2D eigenvalue weighted by molar-refractivity contribution is 5.85. The van der Waals surface area contributed by atoms with Crippen LogP contribution in [0.5, 0.6) is 0 Å². The van der Waals surface area contributed by atoms with Crippen molar-refractivity contribution in [2.75, 3.05) is 0 Å². The Morgan fingerprint density at radius 2 is 1.75 bits per heavy atom. The number of rotatable bonds is 6. The zero-order chi connectivity index (χ0) is 15.3. The Labute approximate surface area is 124 Å². The Kier molecular flexibility index (Phi) is 6.19. The van der Waals surface area contributed by atoms with Crippen molar-refractivity contribution in [3.05, 3.63) is 41.0 Å². The molecule has 0 bridgehead atoms. The van der Waals surface area contributed by atoms with Crippen LogP contribution in [-0.4, -0.2) is 5.78 Å². The van der Waals surface area contributed by atoms with Crippen LogP contribution in [0.4, 0.5) is 0 Å². The first-order valence-corrected chi connectivity index (χ1v) is 7.66. The molecule has 20 heavy (non-hydrogen) atoms. The third kappa shape index (κ3) is 4.06. The van der Waals surface area contributed by atoms with E-state index in [1.807, 2.05) is 13.8 Å². The average Bonchev–Trinajstić information content (AvgIpc) is 2.43. The zero-order valence-corrected chi connectivity index (χ0v) is 13.8. The minimum Gasteiger partial charge on any atom is -0.299 e. The fourth-order valence-electron chi connectivity index (χ4n) is 2.61. The van der Waals surface area contributed by atoms with E-state index in [4.69, 9.17) is 0 Å². The Balaban J connectivity index is 3.12. The van der Waals surface area contributed by atoms with Gasteiger partial charge in [-0.2, -0.15) is 0 Å². The molecule has 1 aromatic carbocycles. The lowest BCUT2D eigenvalue weighted by molar-refractivity contribution is -0.125. The maximum absolute atomic E-state index is 12.2. The summed E-state index contributed by atoms with van der Waals surface area (Å²) in [6, 6.07) is 8.48. The lowest BCUT2D eigenvalue weighted by Crippen LogP contribution is -2.17. The van der Waals surface area contributed by atoms with Gasteiger partial charge >= 0.3 is 0 Å². The number of carbonyl (C=O) groups is 1. The van der Waals surface area contributed by atoms with Crippen molar-refractivity contribution in [2.45, 2.75) is 54.4 Å². The normalized spacial score (nSPS) is 14.2. The Bertz CT molecular complexity index is 494. The Morgan fingerprint density at radius 3 is 2.25 bits per heavy atom. The molecule has 0 saturated carbocycles. The molecular weight excluding hydrogens is 244 g/mol. The second-order valence-electron chi connectivity index (χ2n) is 6.09. The van der Waals surface area contributed by atoms with Gasteiger partial charge in [0.25, 0.3) is 0 Å². The van der Waals surface area contributed by atoms with Crippen molar-refractivity contribution in [3.63, 3.8) is 0 Å². The van der Waals surface area contributed by atoms with Gasteiger partial charge in [-0.3, -0.25) is 4.79 Å². The molecule has 0 fully saturated rings. The number of hydrogen-bond donors (Lipinski definition) is 0. The molecule has 110 valence electrons. The van der Waals surface area contributed by atoms with E-state index < -0.39 is 0 Å². The number of hydrogen-bond acceptors (Lipinski definition) is 1. The molecule has 1 rings (SSSR count). The van der Waals surface area contributed by atoms with Crippen molar-refractivity contribution in [3.8, 4) is 0 Å². The minimum atomic E-state index is 0.0890. The molecule has 0 unspecified atom stereocenters. The molecule has 0 aliphatic heterocycles. The van der Waals surface area contributed by atoms with Crippen LogP contribution in [0.1, 0.15) is 58.6 Å². The van der Waals surface area contributed by atoms with Crippen LogP contribution >= 0.6 is 0 Å². The van der Waals surface area contributed by atoms with Crippen LogP contribution < -0.4 is 0 Å². The molecule has 0 aliphatic rings. The van der Waals surface area contributed by atoms with E-state index in [2.05, 4.69) is 52.0 Å². The molecule has 0 amide bonds. The van der Waals surface area contributed by atoms with E-state index in [0.29, 0.717) is 5.78 Å². The quantitative estimate of drug-likeness (QED) is 0.675. The summed E-state index contributed by atoms with van der Waals surface area (Å²) in [5.74, 6) is 0.566. The number of carbonyl (C=O) groups excluding carboxylic acids is 1. The van der Waals surface area contributed by atoms with E-state index in [9.17, 15) is 4.79 Å². The van der Waals surface area contributed by atoms with Crippen molar-refractivity contribution in [1.82, 2.24) is 0 Å². The molecule has 0 spiro atoms. The van der Waals surface area contributed by atoms with Gasteiger partial charge in [0.15, 0.2) is 0 Å². The van der Waals surface area contributed by atoms with Crippen LogP contribution in [-0.2, 0) is 4.79 Å². The molecule has 0 aliphatic carbocycles. The number of ketones is 1. The second-order valence-corrected chi connectivity index (χ2v) is 6.09. The van der Waals surface area contributed by atoms with Crippen LogP contribution in [0.2, 0.25) is 0 Å². The van der Waals surface area contributed by atoms with Gasteiger partial charge in [0.1, 0.15) is 5.78 Å². The van der Waals surface area contributed by atoms with Gasteiger partial charge in [0.05, 0.1) is 0 Å². The van der Waals surface area contributed by atoms with E-state index in [1.165, 1.54) is 22.3 Å². The van der Waals surface area contributed by atoms with E-state index in [-0.39, 0.29) is 11.8 Å². The maximum atomic E-state index is 12.2. The molecular formula is C19H28O. The van der Waals surface area contributed by atoms with Gasteiger partial charge in [-0.15, -0.1) is 0 Å². The number of allylic oxidation sites excluding steroid dienone is 2. The van der Waals surface area contributed by atoms with Crippen LogP contribution in [0, 0.1) is 18.8 Å². The fraction of sp³-hybridized carbons (Fsp3) is 0.526. The molecule has 1 heteroatoms. The summed E-state index contributed by atoms with van der Waals surface area (Å²) in [7, 11) is 0. The smallest absolute Gasteiger partial charge is 0.138 e. The largest absolute Gasteiger partial charge is 0.299 e. The Hall–Kier alpha value is -1.37. The van der Waals surface area contributed by atoms with Crippen molar-refractivity contribution < 1.29 is 4.79 Å². The highest BCUT2D eigenvalue weighted by atomic mass is 16.1. The zero-order valence-electron chi connectivity index (χ0n) is 13.8. The molecule has 1 nitrogen and oxygen atoms in total. The third-order valence-corrected chi connectivity index (χ3v) is 4.08. The molecule has 1 aromatic rings. The van der Waals surface area contributed by atoms with Crippen molar-refractivity contribution in [1.29, 1.82) is 0 Å². The molecule has 0 N–H and O–H groups in total. The van der Waals surface area contributed by atoms with Gasteiger partial charge in [-0.1, -0.05) is 57.5 Å². The fourth-order valence-corrected chi connectivity index (χ4v) is 2.61. The standard InChI is InChI=1S/C19H28O/c1-7-14(4)18(12-16(6)19(20)13(2)3)17-11-9-8-10-15(17)5/h8-11,13,16H,7,12H2,1-6H3/b18-14+/t16-/m0/s1. The Morgan fingerprint density at radius 1 is 1.15 bits per heavy atom. The third-order valence-electron chi connectivity index (χ3n) is 4.08. The second kappa shape index (κ2) is 7.42. The van der Waals surface area contributed by atoms with Gasteiger partial charge in [-0.25, -0.2) is 0 Å². The van der Waals surface area contributed by atoms with Crippen LogP contribution in [0.25, 0.3) is 5.57 Å². The predicted molar refractivity (Wildman–Crippen MR) is 87.7 cm³/mol. The first-order chi connectivity index (χ1) is 9.38. The lowest BCUT2D eigenvalue weighted by atomic mass is 9.85. The summed E-state index contributed by atoms with van der Waals surface area (Å²) in [6.45, 7) is 12.6. The molecule has 0 aromatic heterocycles. The van der Waals surface area contributed by atoms with Gasteiger partial charge in [0.2, 0.25) is 0 Å². The van der Waals surface area contributed by atoms with Crippen molar-refractivity contribution >= 4 is 11.4 Å². The highest BCUT2D eigenvalue weighted by Crippen LogP contribution is 2.30. The van der Waals surface area contributed by atoms with Gasteiger partial charge in [0, 0.05) is 11.8 Å². The SMILES string of the molecule is CC/C(C)=C(\C[C@H](C)C(=O)C(C)C)c1ccccc1C. The number of Topliss-reactive ketones (excluding diaryl/α,β-unsaturated/α-hetero) is 1. The number of aryl methyl sites for hydroxylation is 1. The molecule has 1 atom stereocenters. The van der Waals surface area contributed by atoms with Crippen molar-refractivity contribution in [2.24, 2.45) is 11.8 Å². The maximum Gasteiger partial charge on any atom is 0.138 e. The molecule has 0 heterocycles. The molecule has 0 saturated heterocycles. The van der Waals surface area contributed by atoms with E-state index in [1.54, 1.807) is 0 Å². The van der Waals surface area contributed by atoms with E-state index >= 15 is 0 Å². The minimum absolute atomic E-state index is 0.0890. The summed E-state index contributed by atoms with van der Waals surface area (Å²) in [5, 5.41) is 0. The summed E-state index contributed by atoms with van der Waals surface area (Å²) in [5.41, 5.74) is 5.34. The van der Waals surface area contributed by atoms with Gasteiger partial charge in [-0.05, 0) is 43.4 Å². The topological polar surface area (TPSA) is 17.1 Å². The van der Waals surface area contributed by atoms with Gasteiger partial charge < -0.3 is 0 Å². The van der Waals surface area contributed by atoms with E-state index in [0.717, 1.165) is 12.8 Å².